The minimum absolute atomic E-state index is 0.224. The lowest BCUT2D eigenvalue weighted by Gasteiger charge is -2.15. The zero-order chi connectivity index (χ0) is 7.14. The third kappa shape index (κ3) is 0.892. The van der Waals surface area contributed by atoms with Gasteiger partial charge in [0.15, 0.2) is 0 Å². The summed E-state index contributed by atoms with van der Waals surface area (Å²) in [5, 5.41) is 11.4. The van der Waals surface area contributed by atoms with Gasteiger partial charge in [-0.25, -0.2) is 0 Å². The Morgan fingerprint density at radius 2 is 2.40 bits per heavy atom. The first-order valence-corrected chi connectivity index (χ1v) is 3.39. The van der Waals surface area contributed by atoms with Gasteiger partial charge in [0.1, 0.15) is 6.04 Å². The lowest BCUT2D eigenvalue weighted by molar-refractivity contribution is -0.139. The van der Waals surface area contributed by atoms with Crippen LogP contribution in [0.5, 0.6) is 0 Å². The summed E-state index contributed by atoms with van der Waals surface area (Å²) in [6, 6.07) is -0.385. The molecule has 0 aliphatic carbocycles. The molecule has 2 heterocycles. The van der Waals surface area contributed by atoms with Crippen molar-refractivity contribution in [2.45, 2.75) is 24.7 Å². The number of hydrogen-bond acceptors (Lipinski definition) is 3. The van der Waals surface area contributed by atoms with Crippen LogP contribution in [-0.2, 0) is 9.53 Å². The zero-order valence-corrected chi connectivity index (χ0v) is 5.41. The number of carbonyl (C=O) groups is 1. The fourth-order valence-electron chi connectivity index (χ4n) is 1.33. The van der Waals surface area contributed by atoms with Crippen LogP contribution in [-0.4, -0.2) is 35.9 Å². The molecule has 0 aromatic rings. The molecule has 0 aromatic carbocycles. The number of fused-ring (bicyclic) bond motifs is 1. The van der Waals surface area contributed by atoms with Crippen molar-refractivity contribution in [2.75, 3.05) is 6.54 Å². The van der Waals surface area contributed by atoms with E-state index in [1.54, 1.807) is 0 Å². The molecule has 2 aliphatic rings. The lowest BCUT2D eigenvalue weighted by Crippen LogP contribution is -2.43. The Balaban J connectivity index is 1.94. The summed E-state index contributed by atoms with van der Waals surface area (Å²) in [6.45, 7) is 0.696. The minimum atomic E-state index is -0.769. The predicted molar refractivity (Wildman–Crippen MR) is 32.7 cm³/mol. The van der Waals surface area contributed by atoms with E-state index < -0.39 is 5.97 Å². The summed E-state index contributed by atoms with van der Waals surface area (Å²) in [6.07, 6.45) is 1.15. The molecule has 0 aromatic heterocycles. The van der Waals surface area contributed by atoms with E-state index in [1.165, 1.54) is 0 Å². The molecule has 10 heavy (non-hydrogen) atoms. The highest BCUT2D eigenvalue weighted by Gasteiger charge is 2.45. The van der Waals surface area contributed by atoms with Crippen LogP contribution in [0.1, 0.15) is 6.42 Å². The van der Waals surface area contributed by atoms with Crippen molar-refractivity contribution in [1.82, 2.24) is 5.32 Å². The molecule has 4 heteroatoms. The Hall–Kier alpha value is -0.610. The van der Waals surface area contributed by atoms with Crippen molar-refractivity contribution >= 4 is 5.97 Å². The predicted octanol–water partition coefficient (Wildman–Crippen LogP) is -0.800. The summed E-state index contributed by atoms with van der Waals surface area (Å²) in [5.74, 6) is -0.769. The van der Waals surface area contributed by atoms with Crippen LogP contribution in [0.25, 0.3) is 0 Å². The molecule has 0 spiro atoms. The van der Waals surface area contributed by atoms with Crippen molar-refractivity contribution in [3.63, 3.8) is 0 Å². The maximum absolute atomic E-state index is 10.4. The van der Waals surface area contributed by atoms with E-state index >= 15 is 0 Å². The Bertz CT molecular complexity index is 170. The first-order valence-electron chi connectivity index (χ1n) is 3.39. The van der Waals surface area contributed by atoms with Crippen LogP contribution in [0.4, 0.5) is 0 Å². The molecule has 56 valence electrons. The SMILES string of the molecule is O=C(O)C1CC2OC2CN1. The van der Waals surface area contributed by atoms with Crippen LogP contribution in [0.15, 0.2) is 0 Å². The number of aliphatic carboxylic acids is 1. The molecular formula is C6H9NO3. The van der Waals surface area contributed by atoms with E-state index in [9.17, 15) is 4.79 Å². The van der Waals surface area contributed by atoms with Crippen molar-refractivity contribution < 1.29 is 14.6 Å². The lowest BCUT2D eigenvalue weighted by atomic mass is 10.1. The van der Waals surface area contributed by atoms with Gasteiger partial charge in [0, 0.05) is 13.0 Å². The van der Waals surface area contributed by atoms with E-state index in [2.05, 4.69) is 5.32 Å². The second kappa shape index (κ2) is 1.93. The molecule has 3 unspecified atom stereocenters. The normalized spacial score (nSPS) is 44.2. The number of ether oxygens (including phenoxy) is 1. The van der Waals surface area contributed by atoms with Crippen LogP contribution < -0.4 is 5.32 Å². The maximum Gasteiger partial charge on any atom is 0.320 e. The molecule has 2 saturated heterocycles. The molecule has 2 N–H and O–H groups in total. The summed E-state index contributed by atoms with van der Waals surface area (Å²) in [7, 11) is 0. The topological polar surface area (TPSA) is 61.9 Å². The third-order valence-corrected chi connectivity index (χ3v) is 2.02. The van der Waals surface area contributed by atoms with E-state index in [0.717, 1.165) is 0 Å². The summed E-state index contributed by atoms with van der Waals surface area (Å²) < 4.78 is 5.13. The maximum atomic E-state index is 10.4. The average Bonchev–Trinajstić information content (AvgIpc) is 2.63. The smallest absolute Gasteiger partial charge is 0.320 e. The first kappa shape index (κ1) is 6.12. The molecular weight excluding hydrogens is 134 g/mol. The van der Waals surface area contributed by atoms with Gasteiger partial charge in [0.25, 0.3) is 0 Å². The molecule has 0 saturated carbocycles. The number of carboxylic acids is 1. The van der Waals surface area contributed by atoms with Gasteiger partial charge in [0.2, 0.25) is 0 Å². The van der Waals surface area contributed by atoms with Gasteiger partial charge in [-0.05, 0) is 0 Å². The van der Waals surface area contributed by atoms with Crippen LogP contribution in [0.3, 0.4) is 0 Å². The second-order valence-corrected chi connectivity index (χ2v) is 2.75. The molecule has 0 bridgehead atoms. The van der Waals surface area contributed by atoms with Crippen LogP contribution >= 0.6 is 0 Å². The summed E-state index contributed by atoms with van der Waals surface area (Å²) >= 11 is 0. The van der Waals surface area contributed by atoms with Gasteiger partial charge in [0.05, 0.1) is 12.2 Å². The van der Waals surface area contributed by atoms with Gasteiger partial charge in [-0.15, -0.1) is 0 Å². The van der Waals surface area contributed by atoms with Gasteiger partial charge in [-0.3, -0.25) is 4.79 Å². The minimum Gasteiger partial charge on any atom is -0.480 e. The average molecular weight is 143 g/mol. The highest BCUT2D eigenvalue weighted by Crippen LogP contribution is 2.29. The fourth-order valence-corrected chi connectivity index (χ4v) is 1.33. The Kier molecular flexibility index (Phi) is 1.18. The largest absolute Gasteiger partial charge is 0.480 e. The first-order chi connectivity index (χ1) is 4.77. The molecule has 4 nitrogen and oxygen atoms in total. The highest BCUT2D eigenvalue weighted by molar-refractivity contribution is 5.73. The van der Waals surface area contributed by atoms with E-state index in [1.807, 2.05) is 0 Å². The number of nitrogens with one attached hydrogen (secondary N) is 1. The molecule has 0 amide bonds. The summed E-state index contributed by atoms with van der Waals surface area (Å²) in [4.78, 5) is 10.4. The zero-order valence-electron chi connectivity index (χ0n) is 5.41. The van der Waals surface area contributed by atoms with Crippen molar-refractivity contribution in [2.24, 2.45) is 0 Å². The number of rotatable bonds is 1. The number of piperidine rings is 1. The third-order valence-electron chi connectivity index (χ3n) is 2.02. The van der Waals surface area contributed by atoms with Gasteiger partial charge >= 0.3 is 5.97 Å². The molecule has 0 radical (unpaired) electrons. The Morgan fingerprint density at radius 1 is 1.60 bits per heavy atom. The van der Waals surface area contributed by atoms with Crippen molar-refractivity contribution in [1.29, 1.82) is 0 Å². The molecule has 2 rings (SSSR count). The van der Waals surface area contributed by atoms with Crippen molar-refractivity contribution in [3.05, 3.63) is 0 Å². The number of hydrogen-bond donors (Lipinski definition) is 2. The monoisotopic (exact) mass is 143 g/mol. The fraction of sp³-hybridized carbons (Fsp3) is 0.833. The highest BCUT2D eigenvalue weighted by atomic mass is 16.6. The Morgan fingerprint density at radius 3 is 3.00 bits per heavy atom. The number of carboxylic acid groups (broad SMARTS) is 1. The molecule has 2 aliphatic heterocycles. The van der Waals surface area contributed by atoms with E-state index in [-0.39, 0.29) is 12.1 Å². The van der Waals surface area contributed by atoms with Crippen LogP contribution in [0.2, 0.25) is 0 Å². The standard InChI is InChI=1S/C6H9NO3/c8-6(9)3-1-4-5(10-4)2-7-3/h3-5,7H,1-2H2,(H,8,9). The van der Waals surface area contributed by atoms with E-state index in [4.69, 9.17) is 9.84 Å². The Labute approximate surface area is 58.2 Å². The van der Waals surface area contributed by atoms with Crippen molar-refractivity contribution in [3.8, 4) is 0 Å². The quantitative estimate of drug-likeness (QED) is 0.472. The van der Waals surface area contributed by atoms with Gasteiger partial charge in [-0.1, -0.05) is 0 Å². The molecule has 3 atom stereocenters. The molecule has 2 fully saturated rings. The van der Waals surface area contributed by atoms with E-state index in [0.29, 0.717) is 19.1 Å². The van der Waals surface area contributed by atoms with Crippen LogP contribution in [0, 0.1) is 0 Å². The van der Waals surface area contributed by atoms with Gasteiger partial charge in [-0.2, -0.15) is 0 Å². The second-order valence-electron chi connectivity index (χ2n) is 2.75. The van der Waals surface area contributed by atoms with Gasteiger partial charge < -0.3 is 15.2 Å². The summed E-state index contributed by atoms with van der Waals surface area (Å²) in [5.41, 5.74) is 0. The number of epoxide rings is 1.